The molecule has 0 saturated carbocycles. The van der Waals surface area contributed by atoms with Crippen LogP contribution in [0.25, 0.3) is 11.3 Å². The van der Waals surface area contributed by atoms with Crippen molar-refractivity contribution in [2.24, 2.45) is 7.05 Å². The summed E-state index contributed by atoms with van der Waals surface area (Å²) in [4.78, 5) is 22.8. The number of aromatic carboxylic acids is 1. The van der Waals surface area contributed by atoms with E-state index >= 15 is 0 Å². The molecule has 0 aliphatic carbocycles. The number of aromatic nitrogens is 2. The molecule has 1 aromatic heterocycles. The third-order valence-electron chi connectivity index (χ3n) is 3.44. The van der Waals surface area contributed by atoms with Gasteiger partial charge in [0.25, 0.3) is 0 Å². The molecule has 2 N–H and O–H groups in total. The van der Waals surface area contributed by atoms with Crippen molar-refractivity contribution in [3.63, 3.8) is 0 Å². The van der Waals surface area contributed by atoms with Crippen molar-refractivity contribution in [1.82, 2.24) is 9.78 Å². The molecule has 0 radical (unpaired) electrons. The standard InChI is InChI=1S/C14H13N3O3/c1-7-12(14(19)20)13(17(2)16-7)8-3-4-10-9(5-8)6-11(18)15-10/h3-5H,6H2,1-2H3,(H,15,18)(H,19,20). The number of carbonyl (C=O) groups is 2. The summed E-state index contributed by atoms with van der Waals surface area (Å²) in [6.07, 6.45) is 0.322. The van der Waals surface area contributed by atoms with Gasteiger partial charge in [0, 0.05) is 18.3 Å². The van der Waals surface area contributed by atoms with Crippen LogP contribution in [0.3, 0.4) is 0 Å². The van der Waals surface area contributed by atoms with Gasteiger partial charge in [-0.25, -0.2) is 4.79 Å². The fraction of sp³-hybridized carbons (Fsp3) is 0.214. The quantitative estimate of drug-likeness (QED) is 0.868. The predicted octanol–water partition coefficient (Wildman–Crippen LogP) is 1.59. The summed E-state index contributed by atoms with van der Waals surface area (Å²) in [6, 6.07) is 5.44. The minimum atomic E-state index is -1.000. The molecule has 0 spiro atoms. The van der Waals surface area contributed by atoms with Crippen molar-refractivity contribution < 1.29 is 14.7 Å². The van der Waals surface area contributed by atoms with Gasteiger partial charge in [-0.2, -0.15) is 5.10 Å². The molecule has 3 rings (SSSR count). The van der Waals surface area contributed by atoms with Gasteiger partial charge >= 0.3 is 5.97 Å². The van der Waals surface area contributed by atoms with Gasteiger partial charge < -0.3 is 10.4 Å². The molecule has 102 valence electrons. The lowest BCUT2D eigenvalue weighted by Gasteiger charge is -2.06. The van der Waals surface area contributed by atoms with E-state index in [1.807, 2.05) is 6.07 Å². The Bertz CT molecular complexity index is 746. The van der Waals surface area contributed by atoms with Crippen LogP contribution in [-0.4, -0.2) is 26.8 Å². The minimum absolute atomic E-state index is 0.0446. The SMILES string of the molecule is Cc1nn(C)c(-c2ccc3c(c2)CC(=O)N3)c1C(=O)O. The first-order valence-electron chi connectivity index (χ1n) is 6.17. The van der Waals surface area contributed by atoms with Crippen LogP contribution in [0.5, 0.6) is 0 Å². The zero-order valence-corrected chi connectivity index (χ0v) is 11.1. The molecule has 0 atom stereocenters. The van der Waals surface area contributed by atoms with Crippen molar-refractivity contribution in [2.45, 2.75) is 13.3 Å². The number of hydrogen-bond acceptors (Lipinski definition) is 3. The van der Waals surface area contributed by atoms with Gasteiger partial charge in [0.1, 0.15) is 5.56 Å². The summed E-state index contributed by atoms with van der Waals surface area (Å²) in [5.41, 5.74) is 3.64. The number of carbonyl (C=O) groups excluding carboxylic acids is 1. The zero-order valence-electron chi connectivity index (χ0n) is 11.1. The first-order valence-corrected chi connectivity index (χ1v) is 6.17. The molecular formula is C14H13N3O3. The van der Waals surface area contributed by atoms with E-state index in [0.29, 0.717) is 17.8 Å². The Morgan fingerprint density at radius 3 is 2.90 bits per heavy atom. The van der Waals surface area contributed by atoms with E-state index in [4.69, 9.17) is 0 Å². The van der Waals surface area contributed by atoms with Crippen molar-refractivity contribution in [2.75, 3.05) is 5.32 Å². The Morgan fingerprint density at radius 2 is 2.20 bits per heavy atom. The maximum absolute atomic E-state index is 11.4. The molecule has 20 heavy (non-hydrogen) atoms. The lowest BCUT2D eigenvalue weighted by atomic mass is 10.0. The largest absolute Gasteiger partial charge is 0.478 e. The van der Waals surface area contributed by atoms with Crippen LogP contribution in [0.1, 0.15) is 21.6 Å². The summed E-state index contributed by atoms with van der Waals surface area (Å²) >= 11 is 0. The number of hydrogen-bond donors (Lipinski definition) is 2. The van der Waals surface area contributed by atoms with Crippen molar-refractivity contribution in [3.05, 3.63) is 35.0 Å². The number of nitrogens with one attached hydrogen (secondary N) is 1. The van der Waals surface area contributed by atoms with Crippen LogP contribution in [0, 0.1) is 6.92 Å². The molecule has 1 aromatic carbocycles. The van der Waals surface area contributed by atoms with Gasteiger partial charge in [0.2, 0.25) is 5.91 Å². The van der Waals surface area contributed by atoms with Crippen LogP contribution in [-0.2, 0) is 18.3 Å². The summed E-state index contributed by atoms with van der Waals surface area (Å²) in [6.45, 7) is 1.67. The smallest absolute Gasteiger partial charge is 0.339 e. The zero-order chi connectivity index (χ0) is 14.4. The Kier molecular flexibility index (Phi) is 2.60. The van der Waals surface area contributed by atoms with Crippen LogP contribution < -0.4 is 5.32 Å². The second-order valence-electron chi connectivity index (χ2n) is 4.83. The number of carboxylic acid groups (broad SMARTS) is 1. The van der Waals surface area contributed by atoms with Crippen molar-refractivity contribution in [1.29, 1.82) is 0 Å². The Labute approximate surface area is 115 Å². The number of amides is 1. The Morgan fingerprint density at radius 1 is 1.45 bits per heavy atom. The average Bonchev–Trinajstić information content (AvgIpc) is 2.86. The highest BCUT2D eigenvalue weighted by Crippen LogP contribution is 2.31. The number of fused-ring (bicyclic) bond motifs is 1. The molecule has 0 bridgehead atoms. The summed E-state index contributed by atoms with van der Waals surface area (Å²) in [7, 11) is 1.71. The number of carboxylic acids is 1. The van der Waals surface area contributed by atoms with E-state index in [1.54, 1.807) is 30.8 Å². The highest BCUT2D eigenvalue weighted by atomic mass is 16.4. The van der Waals surface area contributed by atoms with Gasteiger partial charge in [-0.1, -0.05) is 6.07 Å². The van der Waals surface area contributed by atoms with Crippen molar-refractivity contribution >= 4 is 17.6 Å². The van der Waals surface area contributed by atoms with Crippen LogP contribution in [0.2, 0.25) is 0 Å². The van der Waals surface area contributed by atoms with Gasteiger partial charge in [0.05, 0.1) is 17.8 Å². The maximum Gasteiger partial charge on any atom is 0.339 e. The summed E-state index contributed by atoms with van der Waals surface area (Å²) in [5.74, 6) is -1.04. The van der Waals surface area contributed by atoms with E-state index < -0.39 is 5.97 Å². The highest BCUT2D eigenvalue weighted by Gasteiger charge is 2.23. The number of rotatable bonds is 2. The normalized spacial score (nSPS) is 13.2. The molecule has 0 fully saturated rings. The molecule has 1 aliphatic rings. The summed E-state index contributed by atoms with van der Waals surface area (Å²) in [5, 5.41) is 16.3. The average molecular weight is 271 g/mol. The molecule has 6 nitrogen and oxygen atoms in total. The first kappa shape index (κ1) is 12.4. The number of anilines is 1. The number of benzene rings is 1. The topological polar surface area (TPSA) is 84.2 Å². The Hall–Kier alpha value is -2.63. The second kappa shape index (κ2) is 4.19. The third-order valence-corrected chi connectivity index (χ3v) is 3.44. The third kappa shape index (κ3) is 1.77. The van der Waals surface area contributed by atoms with Crippen LogP contribution in [0.15, 0.2) is 18.2 Å². The van der Waals surface area contributed by atoms with E-state index in [0.717, 1.165) is 16.8 Å². The minimum Gasteiger partial charge on any atom is -0.478 e. The fourth-order valence-corrected chi connectivity index (χ4v) is 2.62. The van der Waals surface area contributed by atoms with Gasteiger partial charge in [-0.15, -0.1) is 0 Å². The molecule has 2 heterocycles. The highest BCUT2D eigenvalue weighted by molar-refractivity contribution is 6.01. The number of nitrogens with zero attached hydrogens (tertiary/aromatic N) is 2. The monoisotopic (exact) mass is 271 g/mol. The molecule has 2 aromatic rings. The second-order valence-corrected chi connectivity index (χ2v) is 4.83. The molecule has 6 heteroatoms. The van der Waals surface area contributed by atoms with E-state index in [-0.39, 0.29) is 11.5 Å². The van der Waals surface area contributed by atoms with Gasteiger partial charge in [-0.3, -0.25) is 9.48 Å². The predicted molar refractivity (Wildman–Crippen MR) is 72.7 cm³/mol. The molecule has 0 saturated heterocycles. The van der Waals surface area contributed by atoms with Crippen LogP contribution >= 0.6 is 0 Å². The van der Waals surface area contributed by atoms with Crippen LogP contribution in [0.4, 0.5) is 5.69 Å². The molecule has 0 unspecified atom stereocenters. The molecular weight excluding hydrogens is 258 g/mol. The first-order chi connectivity index (χ1) is 9.47. The van der Waals surface area contributed by atoms with Gasteiger partial charge in [0.15, 0.2) is 0 Å². The molecule has 1 aliphatic heterocycles. The van der Waals surface area contributed by atoms with E-state index in [9.17, 15) is 14.7 Å². The lowest BCUT2D eigenvalue weighted by Crippen LogP contribution is -2.03. The molecule has 1 amide bonds. The number of aryl methyl sites for hydroxylation is 2. The maximum atomic E-state index is 11.4. The van der Waals surface area contributed by atoms with E-state index in [2.05, 4.69) is 10.4 Å². The fourth-order valence-electron chi connectivity index (χ4n) is 2.62. The van der Waals surface area contributed by atoms with E-state index in [1.165, 1.54) is 0 Å². The summed E-state index contributed by atoms with van der Waals surface area (Å²) < 4.78 is 1.56. The van der Waals surface area contributed by atoms with Crippen molar-refractivity contribution in [3.8, 4) is 11.3 Å². The van der Waals surface area contributed by atoms with Gasteiger partial charge in [-0.05, 0) is 24.6 Å². The lowest BCUT2D eigenvalue weighted by molar-refractivity contribution is -0.115. The Balaban J connectivity index is 2.18.